The van der Waals surface area contributed by atoms with Gasteiger partial charge in [-0.25, -0.2) is 8.42 Å². The summed E-state index contributed by atoms with van der Waals surface area (Å²) >= 11 is 0. The minimum absolute atomic E-state index is 0.0446. The molecule has 0 amide bonds. The van der Waals surface area contributed by atoms with Crippen LogP contribution in [0.25, 0.3) is 11.4 Å². The van der Waals surface area contributed by atoms with Crippen LogP contribution in [-0.2, 0) is 27.5 Å². The Kier molecular flexibility index (Phi) is 5.77. The highest BCUT2D eigenvalue weighted by Gasteiger charge is 2.31. The molecule has 1 aromatic heterocycles. The summed E-state index contributed by atoms with van der Waals surface area (Å²) < 4.78 is 71.0. The first-order chi connectivity index (χ1) is 14.7. The first-order valence-electron chi connectivity index (χ1n) is 9.36. The number of ether oxygens (including phenoxy) is 1. The Morgan fingerprint density at radius 2 is 1.77 bits per heavy atom. The van der Waals surface area contributed by atoms with Crippen LogP contribution in [0, 0.1) is 0 Å². The number of alkyl halides is 3. The minimum Gasteiger partial charge on any atom is -0.379 e. The largest absolute Gasteiger partial charge is 0.416 e. The third-order valence-electron chi connectivity index (χ3n) is 4.73. The highest BCUT2D eigenvalue weighted by molar-refractivity contribution is 7.89. The monoisotopic (exact) mass is 453 g/mol. The Morgan fingerprint density at radius 1 is 1.03 bits per heavy atom. The fraction of sp³-hybridized carbons (Fsp3) is 0.316. The van der Waals surface area contributed by atoms with Crippen molar-refractivity contribution in [3.8, 4) is 11.4 Å². The molecular formula is C19H18F3N5O3S. The zero-order valence-electron chi connectivity index (χ0n) is 16.2. The fourth-order valence-electron chi connectivity index (χ4n) is 3.16. The summed E-state index contributed by atoms with van der Waals surface area (Å²) in [5, 5.41) is 11.8. The summed E-state index contributed by atoms with van der Waals surface area (Å²) in [7, 11) is -3.65. The van der Waals surface area contributed by atoms with Gasteiger partial charge in [-0.3, -0.25) is 0 Å². The van der Waals surface area contributed by atoms with Crippen LogP contribution in [0.15, 0.2) is 53.4 Å². The molecule has 0 aliphatic carbocycles. The Hall–Kier alpha value is -2.83. The summed E-state index contributed by atoms with van der Waals surface area (Å²) in [6.45, 7) is 1.38. The molecule has 0 unspecified atom stereocenters. The molecule has 3 aromatic rings. The molecule has 0 N–H and O–H groups in total. The number of sulfonamides is 1. The Labute approximate surface area is 176 Å². The van der Waals surface area contributed by atoms with Crippen molar-refractivity contribution in [1.82, 2.24) is 24.5 Å². The molecule has 2 aromatic carbocycles. The van der Waals surface area contributed by atoms with Crippen molar-refractivity contribution in [2.24, 2.45) is 0 Å². The molecule has 2 heterocycles. The van der Waals surface area contributed by atoms with E-state index in [1.807, 2.05) is 0 Å². The lowest BCUT2D eigenvalue weighted by molar-refractivity contribution is -0.137. The van der Waals surface area contributed by atoms with Crippen LogP contribution < -0.4 is 0 Å². The van der Waals surface area contributed by atoms with Crippen molar-refractivity contribution >= 4 is 10.0 Å². The van der Waals surface area contributed by atoms with Gasteiger partial charge in [-0.05, 0) is 35.0 Å². The predicted octanol–water partition coefficient (Wildman–Crippen LogP) is 2.43. The lowest BCUT2D eigenvalue weighted by atomic mass is 10.1. The molecule has 0 saturated carbocycles. The average molecular weight is 453 g/mol. The van der Waals surface area contributed by atoms with Crippen molar-refractivity contribution < 1.29 is 26.3 Å². The van der Waals surface area contributed by atoms with Gasteiger partial charge in [0.2, 0.25) is 15.8 Å². The molecule has 12 heteroatoms. The molecular weight excluding hydrogens is 435 g/mol. The van der Waals surface area contributed by atoms with E-state index in [2.05, 4.69) is 15.4 Å². The van der Waals surface area contributed by atoms with Gasteiger partial charge in [0, 0.05) is 18.7 Å². The van der Waals surface area contributed by atoms with Crippen molar-refractivity contribution in [3.05, 3.63) is 59.7 Å². The Morgan fingerprint density at radius 3 is 2.52 bits per heavy atom. The number of hydrogen-bond donors (Lipinski definition) is 0. The number of hydrogen-bond acceptors (Lipinski definition) is 6. The zero-order chi connectivity index (χ0) is 22.1. The maximum absolute atomic E-state index is 12.9. The summed E-state index contributed by atoms with van der Waals surface area (Å²) in [5.41, 5.74) is -0.00517. The average Bonchev–Trinajstić information content (AvgIpc) is 3.22. The fourth-order valence-corrected chi connectivity index (χ4v) is 4.64. The lowest BCUT2D eigenvalue weighted by Gasteiger charge is -2.26. The van der Waals surface area contributed by atoms with E-state index in [9.17, 15) is 21.6 Å². The van der Waals surface area contributed by atoms with E-state index in [1.54, 1.807) is 12.1 Å². The van der Waals surface area contributed by atoms with E-state index in [-0.39, 0.29) is 35.9 Å². The van der Waals surface area contributed by atoms with E-state index >= 15 is 0 Å². The third kappa shape index (κ3) is 4.75. The summed E-state index contributed by atoms with van der Waals surface area (Å²) in [4.78, 5) is 1.35. The van der Waals surface area contributed by atoms with E-state index in [1.165, 1.54) is 33.4 Å². The van der Waals surface area contributed by atoms with E-state index < -0.39 is 21.8 Å². The van der Waals surface area contributed by atoms with Gasteiger partial charge in [0.15, 0.2) is 0 Å². The molecule has 1 saturated heterocycles. The van der Waals surface area contributed by atoms with Gasteiger partial charge in [0.05, 0.1) is 30.2 Å². The van der Waals surface area contributed by atoms with Gasteiger partial charge >= 0.3 is 6.18 Å². The number of morpholine rings is 1. The lowest BCUT2D eigenvalue weighted by Crippen LogP contribution is -2.40. The molecule has 0 bridgehead atoms. The predicted molar refractivity (Wildman–Crippen MR) is 103 cm³/mol. The van der Waals surface area contributed by atoms with Crippen LogP contribution in [0.1, 0.15) is 11.1 Å². The molecule has 0 spiro atoms. The summed E-state index contributed by atoms with van der Waals surface area (Å²) in [6, 6.07) is 11.0. The van der Waals surface area contributed by atoms with Crippen LogP contribution in [0.2, 0.25) is 0 Å². The minimum atomic E-state index is -4.47. The van der Waals surface area contributed by atoms with Crippen LogP contribution in [-0.4, -0.2) is 59.2 Å². The number of halogens is 3. The Bertz CT molecular complexity index is 1170. The standard InChI is InChI=1S/C19H18F3N5O3S/c20-19(21,22)16-5-2-4-15(12-16)18-23-25-27(24-18)13-14-3-1-6-17(11-14)31(28,29)26-7-9-30-10-8-26/h1-6,11-12H,7-10,13H2. The molecule has 0 radical (unpaired) electrons. The van der Waals surface area contributed by atoms with Crippen molar-refractivity contribution in [3.63, 3.8) is 0 Å². The molecule has 0 atom stereocenters. The summed E-state index contributed by atoms with van der Waals surface area (Å²) in [6.07, 6.45) is -4.47. The molecule has 1 fully saturated rings. The maximum Gasteiger partial charge on any atom is 0.416 e. The van der Waals surface area contributed by atoms with Crippen LogP contribution >= 0.6 is 0 Å². The third-order valence-corrected chi connectivity index (χ3v) is 6.63. The number of rotatable bonds is 5. The van der Waals surface area contributed by atoms with E-state index in [0.717, 1.165) is 12.1 Å². The van der Waals surface area contributed by atoms with Crippen molar-refractivity contribution in [2.45, 2.75) is 17.6 Å². The van der Waals surface area contributed by atoms with Gasteiger partial charge in [0.1, 0.15) is 0 Å². The molecule has 164 valence electrons. The topological polar surface area (TPSA) is 90.2 Å². The molecule has 8 nitrogen and oxygen atoms in total. The van der Waals surface area contributed by atoms with Gasteiger partial charge in [0.25, 0.3) is 0 Å². The summed E-state index contributed by atoms with van der Waals surface area (Å²) in [5.74, 6) is 0.0446. The van der Waals surface area contributed by atoms with Crippen molar-refractivity contribution in [2.75, 3.05) is 26.3 Å². The normalized spacial score (nSPS) is 15.8. The van der Waals surface area contributed by atoms with Gasteiger partial charge < -0.3 is 4.74 Å². The maximum atomic E-state index is 12.9. The molecule has 4 rings (SSSR count). The van der Waals surface area contributed by atoms with Gasteiger partial charge in [-0.2, -0.15) is 22.3 Å². The highest BCUT2D eigenvalue weighted by Crippen LogP contribution is 2.31. The van der Waals surface area contributed by atoms with E-state index in [4.69, 9.17) is 4.74 Å². The smallest absolute Gasteiger partial charge is 0.379 e. The number of nitrogens with zero attached hydrogens (tertiary/aromatic N) is 5. The molecule has 31 heavy (non-hydrogen) atoms. The number of aromatic nitrogens is 4. The van der Waals surface area contributed by atoms with Gasteiger partial charge in [-0.15, -0.1) is 10.2 Å². The second-order valence-corrected chi connectivity index (χ2v) is 8.82. The second-order valence-electron chi connectivity index (χ2n) is 6.89. The first kappa shape index (κ1) is 21.4. The van der Waals surface area contributed by atoms with Crippen LogP contribution in [0.4, 0.5) is 13.2 Å². The van der Waals surface area contributed by atoms with Crippen molar-refractivity contribution in [1.29, 1.82) is 0 Å². The SMILES string of the molecule is O=S(=O)(c1cccc(Cn2nnc(-c3cccc(C(F)(F)F)c3)n2)c1)N1CCOCC1. The zero-order valence-corrected chi connectivity index (χ0v) is 17.0. The second kappa shape index (κ2) is 8.36. The number of benzene rings is 2. The molecule has 1 aliphatic rings. The number of tetrazole rings is 1. The molecule has 1 aliphatic heterocycles. The van der Waals surface area contributed by atoms with Gasteiger partial charge in [-0.1, -0.05) is 24.3 Å². The van der Waals surface area contributed by atoms with E-state index in [0.29, 0.717) is 18.8 Å². The quantitative estimate of drug-likeness (QED) is 0.590. The Balaban J connectivity index is 1.54. The highest BCUT2D eigenvalue weighted by atomic mass is 32.2. The van der Waals surface area contributed by atoms with Crippen LogP contribution in [0.5, 0.6) is 0 Å². The first-order valence-corrected chi connectivity index (χ1v) is 10.8. The van der Waals surface area contributed by atoms with Crippen LogP contribution in [0.3, 0.4) is 0 Å².